The highest BCUT2D eigenvalue weighted by Gasteiger charge is 2.37. The second kappa shape index (κ2) is 5.09. The van der Waals surface area contributed by atoms with Crippen molar-refractivity contribution in [3.63, 3.8) is 0 Å². The van der Waals surface area contributed by atoms with E-state index in [-0.39, 0.29) is 11.5 Å². The monoisotopic (exact) mass is 234 g/mol. The molecule has 0 aliphatic rings. The highest BCUT2D eigenvalue weighted by atomic mass is 28.4. The average Bonchev–Trinajstić information content (AvgIpc) is 2.01. The summed E-state index contributed by atoms with van der Waals surface area (Å²) in [5.74, 6) is -1.19. The molecule has 5 heteroatoms. The molecule has 4 nitrogen and oxygen atoms in total. The molecule has 0 bridgehead atoms. The standard InChI is InChI=1S/C10H22O4Si/c1-10(2,3)15(4,5)14-7-6-8(11)9(12)13/h8,11H,6-7H2,1-5H3,(H,12,13)/t8-/m0/s1. The highest BCUT2D eigenvalue weighted by molar-refractivity contribution is 6.74. The third kappa shape index (κ3) is 4.77. The van der Waals surface area contributed by atoms with Crippen LogP contribution in [0.1, 0.15) is 27.2 Å². The fraction of sp³-hybridized carbons (Fsp3) is 0.900. The molecule has 0 radical (unpaired) electrons. The lowest BCUT2D eigenvalue weighted by molar-refractivity contribution is -0.147. The Balaban J connectivity index is 4.01. The van der Waals surface area contributed by atoms with Crippen LogP contribution in [0.3, 0.4) is 0 Å². The molecule has 90 valence electrons. The highest BCUT2D eigenvalue weighted by Crippen LogP contribution is 2.36. The summed E-state index contributed by atoms with van der Waals surface area (Å²) < 4.78 is 5.73. The first kappa shape index (κ1) is 14.6. The topological polar surface area (TPSA) is 66.8 Å². The van der Waals surface area contributed by atoms with Gasteiger partial charge in [-0.3, -0.25) is 0 Å². The first-order valence-corrected chi connectivity index (χ1v) is 8.03. The minimum Gasteiger partial charge on any atom is -0.479 e. The predicted molar refractivity (Wildman–Crippen MR) is 61.4 cm³/mol. The summed E-state index contributed by atoms with van der Waals surface area (Å²) >= 11 is 0. The fourth-order valence-corrected chi connectivity index (χ4v) is 1.83. The van der Waals surface area contributed by atoms with Gasteiger partial charge in [0.1, 0.15) is 0 Å². The Kier molecular flexibility index (Phi) is 4.96. The van der Waals surface area contributed by atoms with Crippen LogP contribution in [0.4, 0.5) is 0 Å². The van der Waals surface area contributed by atoms with Crippen LogP contribution in [-0.4, -0.2) is 37.2 Å². The normalized spacial score (nSPS) is 15.1. The van der Waals surface area contributed by atoms with E-state index >= 15 is 0 Å². The lowest BCUT2D eigenvalue weighted by Gasteiger charge is -2.36. The summed E-state index contributed by atoms with van der Waals surface area (Å²) in [4.78, 5) is 10.4. The predicted octanol–water partition coefficient (Wildman–Crippen LogP) is 1.84. The van der Waals surface area contributed by atoms with Gasteiger partial charge >= 0.3 is 5.97 Å². The van der Waals surface area contributed by atoms with Crippen molar-refractivity contribution in [2.45, 2.75) is 51.4 Å². The molecule has 0 spiro atoms. The van der Waals surface area contributed by atoms with Gasteiger partial charge in [-0.2, -0.15) is 0 Å². The van der Waals surface area contributed by atoms with Gasteiger partial charge in [-0.25, -0.2) is 4.79 Å². The zero-order valence-corrected chi connectivity index (χ0v) is 11.2. The van der Waals surface area contributed by atoms with Crippen LogP contribution in [0.5, 0.6) is 0 Å². The third-order valence-electron chi connectivity index (χ3n) is 2.95. The third-order valence-corrected chi connectivity index (χ3v) is 7.48. The van der Waals surface area contributed by atoms with Gasteiger partial charge in [0.25, 0.3) is 0 Å². The molecule has 0 unspecified atom stereocenters. The van der Waals surface area contributed by atoms with Gasteiger partial charge < -0.3 is 14.6 Å². The molecule has 0 heterocycles. The van der Waals surface area contributed by atoms with Gasteiger partial charge in [0.2, 0.25) is 0 Å². The quantitative estimate of drug-likeness (QED) is 0.712. The zero-order chi connectivity index (χ0) is 12.3. The Morgan fingerprint density at radius 3 is 2.20 bits per heavy atom. The van der Waals surface area contributed by atoms with Crippen LogP contribution in [0.2, 0.25) is 18.1 Å². The molecular formula is C10H22O4Si. The van der Waals surface area contributed by atoms with E-state index in [1.54, 1.807) is 0 Å². The molecule has 15 heavy (non-hydrogen) atoms. The number of aliphatic hydroxyl groups excluding tert-OH is 1. The molecule has 0 aliphatic heterocycles. The van der Waals surface area contributed by atoms with Crippen LogP contribution >= 0.6 is 0 Å². The van der Waals surface area contributed by atoms with Gasteiger partial charge in [-0.05, 0) is 18.1 Å². The van der Waals surface area contributed by atoms with E-state index in [9.17, 15) is 4.79 Å². The molecule has 0 rings (SSSR count). The largest absolute Gasteiger partial charge is 0.479 e. The number of hydrogen-bond acceptors (Lipinski definition) is 3. The molecule has 0 aromatic heterocycles. The smallest absolute Gasteiger partial charge is 0.332 e. The van der Waals surface area contributed by atoms with Crippen molar-refractivity contribution in [2.75, 3.05) is 6.61 Å². The maximum atomic E-state index is 10.4. The summed E-state index contributed by atoms with van der Waals surface area (Å²) in [5.41, 5.74) is 0. The van der Waals surface area contributed by atoms with Crippen molar-refractivity contribution in [2.24, 2.45) is 0 Å². The molecule has 0 aromatic carbocycles. The molecule has 2 N–H and O–H groups in total. The van der Waals surface area contributed by atoms with Crippen molar-refractivity contribution >= 4 is 14.3 Å². The van der Waals surface area contributed by atoms with Crippen molar-refractivity contribution < 1.29 is 19.4 Å². The van der Waals surface area contributed by atoms with Crippen molar-refractivity contribution in [1.82, 2.24) is 0 Å². The van der Waals surface area contributed by atoms with Gasteiger partial charge in [0, 0.05) is 13.0 Å². The average molecular weight is 234 g/mol. The van der Waals surface area contributed by atoms with E-state index < -0.39 is 20.4 Å². The van der Waals surface area contributed by atoms with Gasteiger partial charge in [0.05, 0.1) is 0 Å². The van der Waals surface area contributed by atoms with Crippen LogP contribution in [0, 0.1) is 0 Å². The molecule has 0 fully saturated rings. The maximum Gasteiger partial charge on any atom is 0.332 e. The second-order valence-electron chi connectivity index (χ2n) is 5.25. The SMILES string of the molecule is CC(C)(C)[Si](C)(C)OCC[C@H](O)C(=O)O. The second-order valence-corrected chi connectivity index (χ2v) is 10.1. The first-order chi connectivity index (χ1) is 6.58. The number of rotatable bonds is 5. The molecule has 0 saturated heterocycles. The molecule has 0 amide bonds. The Morgan fingerprint density at radius 1 is 1.40 bits per heavy atom. The zero-order valence-electron chi connectivity index (χ0n) is 10.2. The van der Waals surface area contributed by atoms with E-state index in [1.807, 2.05) is 0 Å². The van der Waals surface area contributed by atoms with Gasteiger partial charge in [0.15, 0.2) is 14.4 Å². The maximum absolute atomic E-state index is 10.4. The Bertz CT molecular complexity index is 220. The van der Waals surface area contributed by atoms with Gasteiger partial charge in [-0.1, -0.05) is 20.8 Å². The minimum absolute atomic E-state index is 0.112. The Morgan fingerprint density at radius 2 is 1.87 bits per heavy atom. The lowest BCUT2D eigenvalue weighted by Crippen LogP contribution is -2.41. The summed E-state index contributed by atoms with van der Waals surface area (Å²) in [6, 6.07) is 0. The van der Waals surface area contributed by atoms with E-state index in [0.29, 0.717) is 6.61 Å². The van der Waals surface area contributed by atoms with Crippen molar-refractivity contribution in [1.29, 1.82) is 0 Å². The van der Waals surface area contributed by atoms with E-state index in [1.165, 1.54) is 0 Å². The number of hydrogen-bond donors (Lipinski definition) is 2. The minimum atomic E-state index is -1.81. The number of carboxylic acids is 1. The van der Waals surface area contributed by atoms with Crippen LogP contribution < -0.4 is 0 Å². The molecule has 0 aliphatic carbocycles. The van der Waals surface area contributed by atoms with E-state index in [2.05, 4.69) is 33.9 Å². The van der Waals surface area contributed by atoms with Crippen LogP contribution in [0.25, 0.3) is 0 Å². The summed E-state index contributed by atoms with van der Waals surface area (Å²) in [7, 11) is -1.81. The summed E-state index contributed by atoms with van der Waals surface area (Å²) in [6.45, 7) is 10.9. The summed E-state index contributed by atoms with van der Waals surface area (Å²) in [5, 5.41) is 17.7. The van der Waals surface area contributed by atoms with Gasteiger partial charge in [-0.15, -0.1) is 0 Å². The molecular weight excluding hydrogens is 212 g/mol. The van der Waals surface area contributed by atoms with Crippen molar-refractivity contribution in [3.05, 3.63) is 0 Å². The number of aliphatic hydroxyl groups is 1. The lowest BCUT2D eigenvalue weighted by atomic mass is 10.2. The molecule has 0 aromatic rings. The number of carbonyl (C=O) groups is 1. The first-order valence-electron chi connectivity index (χ1n) is 5.13. The molecule has 1 atom stereocenters. The summed E-state index contributed by atoms with van der Waals surface area (Å²) in [6.07, 6.45) is -1.16. The van der Waals surface area contributed by atoms with E-state index in [4.69, 9.17) is 14.6 Å². The van der Waals surface area contributed by atoms with Crippen molar-refractivity contribution in [3.8, 4) is 0 Å². The molecule has 0 saturated carbocycles. The Hall–Kier alpha value is -0.393. The van der Waals surface area contributed by atoms with E-state index in [0.717, 1.165) is 0 Å². The fourth-order valence-electron chi connectivity index (χ4n) is 0.766. The Labute approximate surface area is 92.4 Å². The number of carboxylic acid groups (broad SMARTS) is 1. The van der Waals surface area contributed by atoms with Crippen LogP contribution in [0.15, 0.2) is 0 Å². The van der Waals surface area contributed by atoms with Crippen LogP contribution in [-0.2, 0) is 9.22 Å². The number of aliphatic carboxylic acids is 1.